The smallest absolute Gasteiger partial charge is 0.321 e. The van der Waals surface area contributed by atoms with Crippen molar-refractivity contribution >= 4 is 44.9 Å². The number of para-hydroxylation sites is 1. The number of aryl methyl sites for hydroxylation is 1. The SMILES string of the molecule is Cc1ccccc1N(CC(=O)N1CCCN(C(=O)Nc2cccc(Cl)c2)CC1)S(C)(=O)=O. The van der Waals surface area contributed by atoms with Crippen molar-refractivity contribution in [1.29, 1.82) is 0 Å². The summed E-state index contributed by atoms with van der Waals surface area (Å²) >= 11 is 5.97. The van der Waals surface area contributed by atoms with Gasteiger partial charge in [0.1, 0.15) is 6.54 Å². The van der Waals surface area contributed by atoms with Crippen LogP contribution < -0.4 is 9.62 Å². The second kappa shape index (κ2) is 10.2. The summed E-state index contributed by atoms with van der Waals surface area (Å²) in [7, 11) is -3.65. The van der Waals surface area contributed by atoms with Crippen molar-refractivity contribution in [2.75, 3.05) is 48.6 Å². The van der Waals surface area contributed by atoms with Gasteiger partial charge in [-0.25, -0.2) is 13.2 Å². The molecular weight excluding hydrogens is 452 g/mol. The number of rotatable bonds is 5. The van der Waals surface area contributed by atoms with E-state index in [0.717, 1.165) is 16.1 Å². The summed E-state index contributed by atoms with van der Waals surface area (Å²) in [6.07, 6.45) is 1.69. The maximum Gasteiger partial charge on any atom is 0.321 e. The second-order valence-corrected chi connectivity index (χ2v) is 10.1. The molecule has 2 aromatic carbocycles. The molecule has 0 spiro atoms. The van der Waals surface area contributed by atoms with E-state index in [1.54, 1.807) is 59.2 Å². The first-order valence-corrected chi connectivity index (χ1v) is 12.5. The summed E-state index contributed by atoms with van der Waals surface area (Å²) in [5.41, 5.74) is 1.85. The Labute approximate surface area is 193 Å². The Morgan fingerprint density at radius 1 is 1.03 bits per heavy atom. The predicted octanol–water partition coefficient (Wildman–Crippen LogP) is 3.18. The summed E-state index contributed by atoms with van der Waals surface area (Å²) in [6, 6.07) is 13.7. The Kier molecular flexibility index (Phi) is 7.63. The number of amides is 3. The highest BCUT2D eigenvalue weighted by Crippen LogP contribution is 2.22. The van der Waals surface area contributed by atoms with Gasteiger partial charge < -0.3 is 15.1 Å². The molecule has 0 atom stereocenters. The molecule has 1 saturated heterocycles. The number of nitrogens with one attached hydrogen (secondary N) is 1. The summed E-state index contributed by atoms with van der Waals surface area (Å²) in [4.78, 5) is 28.9. The molecule has 8 nitrogen and oxygen atoms in total. The molecule has 1 heterocycles. The third kappa shape index (κ3) is 6.14. The average Bonchev–Trinajstić information content (AvgIpc) is 2.98. The van der Waals surface area contributed by atoms with Gasteiger partial charge in [0.25, 0.3) is 0 Å². The topological polar surface area (TPSA) is 90.0 Å². The van der Waals surface area contributed by atoms with Crippen LogP contribution in [0.3, 0.4) is 0 Å². The fraction of sp³-hybridized carbons (Fsp3) is 0.364. The van der Waals surface area contributed by atoms with Crippen LogP contribution in [0.1, 0.15) is 12.0 Å². The van der Waals surface area contributed by atoms with Gasteiger partial charge in [-0.1, -0.05) is 35.9 Å². The first-order valence-electron chi connectivity index (χ1n) is 10.3. The van der Waals surface area contributed by atoms with Crippen LogP contribution in [-0.4, -0.2) is 69.1 Å². The van der Waals surface area contributed by atoms with Crippen LogP contribution in [0, 0.1) is 6.92 Å². The van der Waals surface area contributed by atoms with Crippen molar-refractivity contribution in [3.05, 3.63) is 59.1 Å². The molecule has 2 aromatic rings. The maximum absolute atomic E-state index is 13.0. The number of carbonyl (C=O) groups is 2. The fourth-order valence-electron chi connectivity index (χ4n) is 3.59. The van der Waals surface area contributed by atoms with Crippen LogP contribution in [0.2, 0.25) is 5.02 Å². The van der Waals surface area contributed by atoms with Gasteiger partial charge >= 0.3 is 6.03 Å². The van der Waals surface area contributed by atoms with E-state index in [2.05, 4.69) is 5.32 Å². The molecule has 1 N–H and O–H groups in total. The van der Waals surface area contributed by atoms with Crippen molar-refractivity contribution in [3.63, 3.8) is 0 Å². The van der Waals surface area contributed by atoms with E-state index in [1.165, 1.54) is 0 Å². The molecule has 0 unspecified atom stereocenters. The number of carbonyl (C=O) groups excluding carboxylic acids is 2. The molecule has 0 saturated carbocycles. The van der Waals surface area contributed by atoms with Crippen LogP contribution in [0.4, 0.5) is 16.2 Å². The number of halogens is 1. The molecule has 10 heteroatoms. The average molecular weight is 479 g/mol. The Hall–Kier alpha value is -2.78. The van der Waals surface area contributed by atoms with E-state index in [-0.39, 0.29) is 18.5 Å². The van der Waals surface area contributed by atoms with Gasteiger partial charge in [0.15, 0.2) is 0 Å². The largest absolute Gasteiger partial charge is 0.339 e. The summed E-state index contributed by atoms with van der Waals surface area (Å²) in [5, 5.41) is 3.34. The molecular formula is C22H27ClN4O4S. The van der Waals surface area contributed by atoms with E-state index < -0.39 is 10.0 Å². The van der Waals surface area contributed by atoms with Crippen molar-refractivity contribution in [2.45, 2.75) is 13.3 Å². The van der Waals surface area contributed by atoms with E-state index in [4.69, 9.17) is 11.6 Å². The molecule has 0 aromatic heterocycles. The monoisotopic (exact) mass is 478 g/mol. The lowest BCUT2D eigenvalue weighted by Gasteiger charge is -2.27. The molecule has 172 valence electrons. The molecule has 3 amide bonds. The van der Waals surface area contributed by atoms with Crippen molar-refractivity contribution in [3.8, 4) is 0 Å². The van der Waals surface area contributed by atoms with Crippen LogP contribution >= 0.6 is 11.6 Å². The number of nitrogens with zero attached hydrogens (tertiary/aromatic N) is 3. The van der Waals surface area contributed by atoms with Gasteiger partial charge in [0, 0.05) is 36.9 Å². The zero-order valence-electron chi connectivity index (χ0n) is 18.1. The minimum absolute atomic E-state index is 0.265. The highest BCUT2D eigenvalue weighted by Gasteiger charge is 2.27. The maximum atomic E-state index is 13.0. The Morgan fingerprint density at radius 3 is 2.41 bits per heavy atom. The number of hydrogen-bond acceptors (Lipinski definition) is 4. The Bertz CT molecular complexity index is 1090. The lowest BCUT2D eigenvalue weighted by Crippen LogP contribution is -2.44. The normalized spacial score (nSPS) is 14.6. The zero-order valence-corrected chi connectivity index (χ0v) is 19.7. The molecule has 3 rings (SSSR count). The number of anilines is 2. The summed E-state index contributed by atoms with van der Waals surface area (Å²) in [6.45, 7) is 3.14. The molecule has 0 bridgehead atoms. The van der Waals surface area contributed by atoms with Crippen LogP contribution in [0.25, 0.3) is 0 Å². The van der Waals surface area contributed by atoms with Gasteiger partial charge in [-0.2, -0.15) is 0 Å². The third-order valence-electron chi connectivity index (χ3n) is 5.28. The van der Waals surface area contributed by atoms with Crippen LogP contribution in [-0.2, 0) is 14.8 Å². The van der Waals surface area contributed by atoms with Crippen molar-refractivity contribution < 1.29 is 18.0 Å². The fourth-order valence-corrected chi connectivity index (χ4v) is 4.68. The van der Waals surface area contributed by atoms with E-state index in [9.17, 15) is 18.0 Å². The number of sulfonamides is 1. The van der Waals surface area contributed by atoms with E-state index >= 15 is 0 Å². The highest BCUT2D eigenvalue weighted by molar-refractivity contribution is 7.92. The third-order valence-corrected chi connectivity index (χ3v) is 6.64. The van der Waals surface area contributed by atoms with E-state index in [1.807, 2.05) is 6.07 Å². The molecule has 0 aliphatic carbocycles. The zero-order chi connectivity index (χ0) is 23.3. The number of benzene rings is 2. The molecule has 1 aliphatic heterocycles. The van der Waals surface area contributed by atoms with Gasteiger partial charge in [-0.15, -0.1) is 0 Å². The van der Waals surface area contributed by atoms with Crippen molar-refractivity contribution in [1.82, 2.24) is 9.80 Å². The van der Waals surface area contributed by atoms with Crippen LogP contribution in [0.15, 0.2) is 48.5 Å². The summed E-state index contributed by atoms with van der Waals surface area (Å²) in [5.74, 6) is -0.296. The van der Waals surface area contributed by atoms with Gasteiger partial charge in [0.05, 0.1) is 11.9 Å². The second-order valence-electron chi connectivity index (χ2n) is 7.72. The van der Waals surface area contributed by atoms with E-state index in [0.29, 0.717) is 49.0 Å². The van der Waals surface area contributed by atoms with Crippen molar-refractivity contribution in [2.24, 2.45) is 0 Å². The quantitative estimate of drug-likeness (QED) is 0.714. The molecule has 32 heavy (non-hydrogen) atoms. The molecule has 0 radical (unpaired) electrons. The first kappa shape index (κ1) is 23.9. The molecule has 1 aliphatic rings. The minimum atomic E-state index is -3.65. The lowest BCUT2D eigenvalue weighted by molar-refractivity contribution is -0.129. The standard InChI is InChI=1S/C22H27ClN4O4S/c1-17-7-3-4-10-20(17)27(32(2,30)31)16-21(28)25-11-6-12-26(14-13-25)22(29)24-19-9-5-8-18(23)15-19/h3-5,7-10,15H,6,11-14,16H2,1-2H3,(H,24,29). The minimum Gasteiger partial charge on any atom is -0.339 e. The Morgan fingerprint density at radius 2 is 1.72 bits per heavy atom. The van der Waals surface area contributed by atoms with Gasteiger partial charge in [-0.3, -0.25) is 9.10 Å². The van der Waals surface area contributed by atoms with Gasteiger partial charge in [-0.05, 0) is 43.2 Å². The van der Waals surface area contributed by atoms with Crippen LogP contribution in [0.5, 0.6) is 0 Å². The number of urea groups is 1. The first-order chi connectivity index (χ1) is 15.1. The lowest BCUT2D eigenvalue weighted by atomic mass is 10.2. The van der Waals surface area contributed by atoms with Gasteiger partial charge in [0.2, 0.25) is 15.9 Å². The number of hydrogen-bond donors (Lipinski definition) is 1. The molecule has 1 fully saturated rings. The predicted molar refractivity (Wildman–Crippen MR) is 127 cm³/mol. The summed E-state index contributed by atoms with van der Waals surface area (Å²) < 4.78 is 25.9. The highest BCUT2D eigenvalue weighted by atomic mass is 35.5. The Balaban J connectivity index is 1.64.